The molecule has 1 aromatic carbocycles. The van der Waals surface area contributed by atoms with E-state index in [0.29, 0.717) is 5.95 Å². The molecule has 0 aliphatic rings. The smallest absolute Gasteiger partial charge is 0.224 e. The maximum absolute atomic E-state index is 4.50. The van der Waals surface area contributed by atoms with Crippen LogP contribution in [0.25, 0.3) is 0 Å². The zero-order valence-electron chi connectivity index (χ0n) is 11.9. The van der Waals surface area contributed by atoms with Gasteiger partial charge in [-0.2, -0.15) is 4.98 Å². The van der Waals surface area contributed by atoms with Gasteiger partial charge < -0.3 is 10.6 Å². The summed E-state index contributed by atoms with van der Waals surface area (Å²) in [5.41, 5.74) is 2.25. The summed E-state index contributed by atoms with van der Waals surface area (Å²) in [5.74, 6) is 1.52. The minimum atomic E-state index is 0.176. The molecule has 0 bridgehead atoms. The molecule has 1 heterocycles. The van der Waals surface area contributed by atoms with E-state index in [2.05, 4.69) is 55.6 Å². The van der Waals surface area contributed by atoms with Crippen molar-refractivity contribution < 1.29 is 0 Å². The number of hydrogen-bond donors (Lipinski definition) is 2. The molecule has 5 heteroatoms. The first-order valence-corrected chi connectivity index (χ1v) is 7.49. The van der Waals surface area contributed by atoms with Gasteiger partial charge in [-0.3, -0.25) is 0 Å². The van der Waals surface area contributed by atoms with Crippen molar-refractivity contribution in [3.8, 4) is 0 Å². The highest BCUT2D eigenvalue weighted by Crippen LogP contribution is 2.23. The lowest BCUT2D eigenvalue weighted by atomic mass is 10.1. The number of rotatable bonds is 5. The summed E-state index contributed by atoms with van der Waals surface area (Å²) in [6, 6.07) is 8.45. The Hall–Kier alpha value is -1.62. The Balaban J connectivity index is 2.18. The summed E-state index contributed by atoms with van der Waals surface area (Å²) in [6.45, 7) is 6.96. The predicted molar refractivity (Wildman–Crippen MR) is 87.1 cm³/mol. The van der Waals surface area contributed by atoms with Crippen LogP contribution < -0.4 is 10.6 Å². The summed E-state index contributed by atoms with van der Waals surface area (Å²) in [5, 5.41) is 6.57. The lowest BCUT2D eigenvalue weighted by Gasteiger charge is -2.17. The molecule has 0 aliphatic carbocycles. The average Bonchev–Trinajstić information content (AvgIpc) is 2.43. The quantitative estimate of drug-likeness (QED) is 0.862. The van der Waals surface area contributed by atoms with E-state index in [1.165, 1.54) is 5.56 Å². The molecule has 0 saturated heterocycles. The topological polar surface area (TPSA) is 49.8 Å². The Morgan fingerprint density at radius 2 is 2.15 bits per heavy atom. The van der Waals surface area contributed by atoms with E-state index in [4.69, 9.17) is 0 Å². The molecule has 4 nitrogen and oxygen atoms in total. The largest absolute Gasteiger partial charge is 0.363 e. The van der Waals surface area contributed by atoms with Gasteiger partial charge in [-0.05, 0) is 38.5 Å². The first-order valence-electron chi connectivity index (χ1n) is 6.69. The summed E-state index contributed by atoms with van der Waals surface area (Å²) in [4.78, 5) is 8.76. The van der Waals surface area contributed by atoms with Gasteiger partial charge in [0.1, 0.15) is 5.82 Å². The standard InChI is InChI=1S/C15H19BrN4/c1-4-17-15-18-9-10(2)14(20-15)19-11(3)12-6-5-7-13(16)8-12/h5-9,11H,4H2,1-3H3,(H2,17,18,19,20). The van der Waals surface area contributed by atoms with E-state index in [-0.39, 0.29) is 6.04 Å². The van der Waals surface area contributed by atoms with Gasteiger partial charge in [0.15, 0.2) is 0 Å². The molecule has 1 aromatic heterocycles. The number of halogens is 1. The normalized spacial score (nSPS) is 12.0. The van der Waals surface area contributed by atoms with Crippen LogP contribution in [0.3, 0.4) is 0 Å². The molecule has 0 saturated carbocycles. The van der Waals surface area contributed by atoms with Gasteiger partial charge in [0, 0.05) is 28.8 Å². The van der Waals surface area contributed by atoms with Crippen molar-refractivity contribution in [2.45, 2.75) is 26.8 Å². The maximum atomic E-state index is 4.50. The van der Waals surface area contributed by atoms with Crippen molar-refractivity contribution in [2.24, 2.45) is 0 Å². The first-order chi connectivity index (χ1) is 9.60. The van der Waals surface area contributed by atoms with E-state index >= 15 is 0 Å². The van der Waals surface area contributed by atoms with Crippen LogP contribution in [0.4, 0.5) is 11.8 Å². The number of hydrogen-bond acceptors (Lipinski definition) is 4. The van der Waals surface area contributed by atoms with Crippen LogP contribution in [0.1, 0.15) is 31.0 Å². The van der Waals surface area contributed by atoms with Crippen molar-refractivity contribution in [1.82, 2.24) is 9.97 Å². The van der Waals surface area contributed by atoms with Crippen molar-refractivity contribution in [3.63, 3.8) is 0 Å². The highest BCUT2D eigenvalue weighted by atomic mass is 79.9. The molecule has 1 atom stereocenters. The van der Waals surface area contributed by atoms with E-state index in [0.717, 1.165) is 22.4 Å². The zero-order valence-corrected chi connectivity index (χ0v) is 13.5. The van der Waals surface area contributed by atoms with Crippen LogP contribution in [-0.2, 0) is 0 Å². The second-order valence-electron chi connectivity index (χ2n) is 4.68. The van der Waals surface area contributed by atoms with Crippen LogP contribution in [0.5, 0.6) is 0 Å². The van der Waals surface area contributed by atoms with Crippen LogP contribution in [0, 0.1) is 6.92 Å². The monoisotopic (exact) mass is 334 g/mol. The summed E-state index contributed by atoms with van der Waals surface area (Å²) < 4.78 is 1.08. The molecule has 2 rings (SSSR count). The molecular formula is C15H19BrN4. The van der Waals surface area contributed by atoms with Crippen molar-refractivity contribution in [2.75, 3.05) is 17.2 Å². The fraction of sp³-hybridized carbons (Fsp3) is 0.333. The third-order valence-corrected chi connectivity index (χ3v) is 3.50. The summed E-state index contributed by atoms with van der Waals surface area (Å²) in [7, 11) is 0. The maximum Gasteiger partial charge on any atom is 0.224 e. The van der Waals surface area contributed by atoms with Crippen LogP contribution in [-0.4, -0.2) is 16.5 Å². The van der Waals surface area contributed by atoms with Crippen molar-refractivity contribution >= 4 is 27.7 Å². The Morgan fingerprint density at radius 3 is 2.85 bits per heavy atom. The molecule has 0 fully saturated rings. The molecule has 2 N–H and O–H groups in total. The molecule has 2 aromatic rings. The van der Waals surface area contributed by atoms with Crippen molar-refractivity contribution in [3.05, 3.63) is 46.1 Å². The van der Waals surface area contributed by atoms with Gasteiger partial charge in [0.25, 0.3) is 0 Å². The second-order valence-corrected chi connectivity index (χ2v) is 5.59. The number of anilines is 2. The van der Waals surface area contributed by atoms with Crippen LogP contribution in [0.2, 0.25) is 0 Å². The highest BCUT2D eigenvalue weighted by molar-refractivity contribution is 9.10. The Morgan fingerprint density at radius 1 is 1.35 bits per heavy atom. The minimum absolute atomic E-state index is 0.176. The highest BCUT2D eigenvalue weighted by Gasteiger charge is 2.09. The molecule has 20 heavy (non-hydrogen) atoms. The minimum Gasteiger partial charge on any atom is -0.363 e. The van der Waals surface area contributed by atoms with Crippen LogP contribution in [0.15, 0.2) is 34.9 Å². The first kappa shape index (κ1) is 14.8. The Labute approximate surface area is 128 Å². The lowest BCUT2D eigenvalue weighted by Crippen LogP contribution is -2.11. The molecule has 0 radical (unpaired) electrons. The average molecular weight is 335 g/mol. The summed E-state index contributed by atoms with van der Waals surface area (Å²) in [6.07, 6.45) is 1.83. The zero-order chi connectivity index (χ0) is 14.5. The molecule has 1 unspecified atom stereocenters. The van der Waals surface area contributed by atoms with E-state index < -0.39 is 0 Å². The molecule has 0 aliphatic heterocycles. The number of aromatic nitrogens is 2. The fourth-order valence-electron chi connectivity index (χ4n) is 1.90. The van der Waals surface area contributed by atoms with E-state index in [1.54, 1.807) is 0 Å². The van der Waals surface area contributed by atoms with E-state index in [1.807, 2.05) is 32.2 Å². The van der Waals surface area contributed by atoms with Gasteiger partial charge in [0.2, 0.25) is 5.95 Å². The number of aryl methyl sites for hydroxylation is 1. The van der Waals surface area contributed by atoms with Gasteiger partial charge in [0.05, 0.1) is 0 Å². The molecule has 106 valence electrons. The van der Waals surface area contributed by atoms with Gasteiger partial charge >= 0.3 is 0 Å². The molecule has 0 spiro atoms. The van der Waals surface area contributed by atoms with Gasteiger partial charge in [-0.1, -0.05) is 28.1 Å². The SMILES string of the molecule is CCNc1ncc(C)c(NC(C)c2cccc(Br)c2)n1. The van der Waals surface area contributed by atoms with E-state index in [9.17, 15) is 0 Å². The number of nitrogens with one attached hydrogen (secondary N) is 2. The van der Waals surface area contributed by atoms with Crippen LogP contribution >= 0.6 is 15.9 Å². The fourth-order valence-corrected chi connectivity index (χ4v) is 2.31. The second kappa shape index (κ2) is 6.70. The number of benzene rings is 1. The molecule has 0 amide bonds. The Kier molecular flexibility index (Phi) is 4.95. The van der Waals surface area contributed by atoms with Gasteiger partial charge in [-0.25, -0.2) is 4.98 Å². The summed E-state index contributed by atoms with van der Waals surface area (Å²) >= 11 is 3.50. The lowest BCUT2D eigenvalue weighted by molar-refractivity contribution is 0.867. The Bertz CT molecular complexity index is 586. The molecular weight excluding hydrogens is 316 g/mol. The predicted octanol–water partition coefficient (Wildman–Crippen LogP) is 4.15. The van der Waals surface area contributed by atoms with Crippen molar-refractivity contribution in [1.29, 1.82) is 0 Å². The third kappa shape index (κ3) is 3.70. The third-order valence-electron chi connectivity index (χ3n) is 3.01. The van der Waals surface area contributed by atoms with Gasteiger partial charge in [-0.15, -0.1) is 0 Å². The number of nitrogens with zero attached hydrogens (tertiary/aromatic N) is 2.